The van der Waals surface area contributed by atoms with Crippen LogP contribution in [-0.4, -0.2) is 227 Å². The lowest BCUT2D eigenvalue weighted by molar-refractivity contribution is -0.300. The highest BCUT2D eigenvalue weighted by Gasteiger charge is 2.56. The van der Waals surface area contributed by atoms with Gasteiger partial charge in [-0.05, 0) is 111 Å². The van der Waals surface area contributed by atoms with E-state index in [9.17, 15) is 90.7 Å². The second-order valence-corrected chi connectivity index (χ2v) is 32.0. The molecule has 0 aromatic heterocycles. The van der Waals surface area contributed by atoms with Gasteiger partial charge in [0.2, 0.25) is 30.3 Å². The lowest BCUT2D eigenvalue weighted by atomic mass is 9.68. The second-order valence-electron chi connectivity index (χ2n) is 32.0. The summed E-state index contributed by atoms with van der Waals surface area (Å²) in [5.74, 6) is -0.737. The fraction of sp³-hybridized carbons (Fsp3) is 0.356. The van der Waals surface area contributed by atoms with E-state index in [1.54, 1.807) is 72.8 Å². The molecule has 3 fully saturated rings. The molecule has 18 N–H and O–H groups in total. The molecule has 628 valence electrons. The number of hydrogen-bond donors (Lipinski definition) is 18. The number of carbonyl (C=O) groups is 4. The van der Waals surface area contributed by atoms with Crippen molar-refractivity contribution in [2.45, 2.75) is 161 Å². The molecule has 0 radical (unpaired) electrons. The van der Waals surface area contributed by atoms with Gasteiger partial charge in [0, 0.05) is 57.0 Å². The molecule has 9 aromatic rings. The number of para-hydroxylation sites is 3. The van der Waals surface area contributed by atoms with Gasteiger partial charge in [-0.3, -0.25) is 19.2 Å². The van der Waals surface area contributed by atoms with Crippen molar-refractivity contribution in [1.29, 1.82) is 0 Å². The van der Waals surface area contributed by atoms with Gasteiger partial charge in [0.15, 0.2) is 12.9 Å². The van der Waals surface area contributed by atoms with Crippen LogP contribution in [-0.2, 0) is 65.2 Å². The molecule has 0 saturated carbocycles. The molecular weight excluding hydrogens is 1540 g/mol. The van der Waals surface area contributed by atoms with Crippen LogP contribution >= 0.6 is 0 Å². The number of benzene rings is 9. The number of aliphatic hydroxyl groups is 12. The lowest BCUT2D eigenvalue weighted by Crippen LogP contribution is -2.60. The van der Waals surface area contributed by atoms with Gasteiger partial charge in [-0.25, -0.2) is 0 Å². The molecule has 15 rings (SSSR count). The summed E-state index contributed by atoms with van der Waals surface area (Å²) in [7, 11) is 0. The summed E-state index contributed by atoms with van der Waals surface area (Å²) in [6.07, 6.45) is -21.3. The Morgan fingerprint density at radius 1 is 0.395 bits per heavy atom. The van der Waals surface area contributed by atoms with Crippen molar-refractivity contribution in [2.24, 2.45) is 0 Å². The number of rotatable bonds is 20. The predicted octanol–water partition coefficient (Wildman–Crippen LogP) is 4.59. The number of aromatic hydroxyl groups is 2. The average Bonchev–Trinajstić information content (AvgIpc) is 1.59. The van der Waals surface area contributed by atoms with Gasteiger partial charge in [0.25, 0.3) is 5.91 Å². The van der Waals surface area contributed by atoms with E-state index < -0.39 is 134 Å². The zero-order valence-electron chi connectivity index (χ0n) is 65.9. The summed E-state index contributed by atoms with van der Waals surface area (Å²) in [6.45, 7) is 10.3. The molecule has 13 unspecified atom stereocenters. The zero-order chi connectivity index (χ0) is 85.2. The highest BCUT2D eigenvalue weighted by Crippen LogP contribution is 2.55. The Morgan fingerprint density at radius 2 is 0.748 bits per heavy atom. The maximum absolute atomic E-state index is 14.1. The summed E-state index contributed by atoms with van der Waals surface area (Å²) in [4.78, 5) is 54.4. The molecule has 6 aliphatic rings. The van der Waals surface area contributed by atoms with Crippen molar-refractivity contribution >= 4 is 40.7 Å². The fourth-order valence-electron chi connectivity index (χ4n) is 16.0. The van der Waals surface area contributed by atoms with Crippen LogP contribution in [0.2, 0.25) is 0 Å². The normalized spacial score (nSPS) is 28.1. The van der Waals surface area contributed by atoms with E-state index in [1.165, 1.54) is 18.2 Å². The van der Waals surface area contributed by atoms with Gasteiger partial charge in [0.1, 0.15) is 118 Å². The molecule has 3 saturated heterocycles. The summed E-state index contributed by atoms with van der Waals surface area (Å²) in [5.41, 5.74) is 4.85. The zero-order valence-corrected chi connectivity index (χ0v) is 65.9. The van der Waals surface area contributed by atoms with E-state index in [-0.39, 0.29) is 76.9 Å². The van der Waals surface area contributed by atoms with Crippen molar-refractivity contribution in [3.63, 3.8) is 0 Å². The Labute approximate surface area is 685 Å². The average molecular weight is 1640 g/mol. The highest BCUT2D eigenvalue weighted by molar-refractivity contribution is 6.14. The maximum Gasteiger partial charge on any atom is 0.258 e. The first-order valence-corrected chi connectivity index (χ1v) is 38.9. The standard InChI is InChI=1S/C34H40N2O9.C30H33NO8.C26H25NO8/c1-33(2,3)21-13-14-25(44-19-27(38)35-15-16-43-31-30(41)29(40)28(39)26(18-37)45-31)23(17-21)34(20-9-5-4-6-10-20)22-11-7-8-12-24(22)36-32(34)42;1-29(2,3)17-10-13-22(33)20(14-17)30(19-6-4-5-7-21(19)31-28(30)37)16-8-11-18(12-9-16)38-27-26(36)25(35)24(34)23(15-32)39-27;28-13-20-21(30)22(31)23(32)24(35-20)34-15-10-11-19(29)17(12-15)26(14-6-2-1-3-7-14)16-8-4-5-9-18(16)27-25(26)33/h4-14,17,26,28-31,37,39-41H,15-16,18-19H2,1-3H3,(H,35,38)(H,36,42);4-14,23-27,32-36H,15H2,1-3H3,(H,31,37);1-12,20-24,28-32H,13H2,(H,27,33)/t26?,28-,29?,30?,31-,34?;23?,24-,25+,26?,27-,30?;/m11./s1. The predicted molar refractivity (Wildman–Crippen MR) is 431 cm³/mol. The number of phenolic OH excluding ortho intramolecular Hbond substituents is 2. The van der Waals surface area contributed by atoms with Crippen LogP contribution in [0.4, 0.5) is 17.1 Å². The molecule has 18 atom stereocenters. The topological polar surface area (TPSA) is 464 Å². The van der Waals surface area contributed by atoms with Gasteiger partial charge in [-0.2, -0.15) is 0 Å². The molecule has 0 bridgehead atoms. The van der Waals surface area contributed by atoms with Crippen LogP contribution < -0.4 is 35.5 Å². The SMILES string of the molecule is CC(C)(C)c1ccc(O)c(C2(c3ccc(O[C@@H]4OC(CO)[C@@H](O)[C@H](O)C4O)cc3)C(=O)Nc3ccccc32)c1.CC(C)(C)c1ccc(OCC(=O)NCCO[C@@H]2OC(CO)[C@@H](O)C(O)C2O)c(C2(c3ccccc3)C(=O)Nc3ccccc32)c1.O=C1Nc2ccccc2C1(c1ccccc1)c1cc(OC2OC(CO)C(O)C(O)C2O)ccc1O. The third-order valence-corrected chi connectivity index (χ3v) is 22.5. The van der Waals surface area contributed by atoms with Crippen LogP contribution in [0.1, 0.15) is 103 Å². The lowest BCUT2D eigenvalue weighted by Gasteiger charge is -2.39. The highest BCUT2D eigenvalue weighted by atomic mass is 16.7. The molecule has 6 heterocycles. The maximum atomic E-state index is 14.1. The van der Waals surface area contributed by atoms with Gasteiger partial charge in [-0.15, -0.1) is 0 Å². The van der Waals surface area contributed by atoms with Gasteiger partial charge < -0.3 is 126 Å². The minimum Gasteiger partial charge on any atom is -0.508 e. The first kappa shape index (κ1) is 86.1. The van der Waals surface area contributed by atoms with Gasteiger partial charge in [-0.1, -0.05) is 181 Å². The number of anilines is 3. The first-order valence-electron chi connectivity index (χ1n) is 38.9. The van der Waals surface area contributed by atoms with Crippen LogP contribution in [0.25, 0.3) is 0 Å². The number of ether oxygens (including phenoxy) is 7. The van der Waals surface area contributed by atoms with Crippen LogP contribution in [0.15, 0.2) is 212 Å². The molecule has 29 nitrogen and oxygen atoms in total. The molecule has 4 amide bonds. The summed E-state index contributed by atoms with van der Waals surface area (Å²) in [5, 5.41) is 153. The molecule has 9 aromatic carbocycles. The van der Waals surface area contributed by atoms with E-state index in [0.29, 0.717) is 56.2 Å². The summed E-state index contributed by atoms with van der Waals surface area (Å²) in [6, 6.07) is 62.5. The summed E-state index contributed by atoms with van der Waals surface area (Å²) >= 11 is 0. The first-order chi connectivity index (χ1) is 56.8. The Hall–Kier alpha value is -10.8. The summed E-state index contributed by atoms with van der Waals surface area (Å²) < 4.78 is 39.3. The number of hydrogen-bond acceptors (Lipinski definition) is 25. The molecular formula is C90H98N4O25. The molecule has 29 heteroatoms. The smallest absolute Gasteiger partial charge is 0.258 e. The molecule has 0 spiro atoms. The minimum atomic E-state index is -1.61. The quantitative estimate of drug-likeness (QED) is 0.0464. The van der Waals surface area contributed by atoms with E-state index in [4.69, 9.17) is 33.2 Å². The Bertz CT molecular complexity index is 5100. The van der Waals surface area contributed by atoms with Crippen molar-refractivity contribution in [3.8, 4) is 28.7 Å². The number of carbonyl (C=O) groups excluding carboxylic acids is 4. The van der Waals surface area contributed by atoms with Crippen LogP contribution in [0.3, 0.4) is 0 Å². The fourth-order valence-corrected chi connectivity index (χ4v) is 16.0. The van der Waals surface area contributed by atoms with Gasteiger partial charge >= 0.3 is 0 Å². The number of phenols is 2. The second kappa shape index (κ2) is 35.3. The van der Waals surface area contributed by atoms with E-state index in [1.807, 2.05) is 121 Å². The van der Waals surface area contributed by atoms with Crippen molar-refractivity contribution in [1.82, 2.24) is 5.32 Å². The molecule has 0 aliphatic carbocycles. The van der Waals surface area contributed by atoms with Crippen molar-refractivity contribution < 1.29 is 124 Å². The van der Waals surface area contributed by atoms with Crippen LogP contribution in [0.5, 0.6) is 28.7 Å². The van der Waals surface area contributed by atoms with E-state index in [0.717, 1.165) is 22.3 Å². The molecule has 119 heavy (non-hydrogen) atoms. The van der Waals surface area contributed by atoms with Crippen LogP contribution in [0, 0.1) is 0 Å². The number of fused-ring (bicyclic) bond motifs is 3. The number of nitrogens with one attached hydrogen (secondary N) is 4. The Balaban J connectivity index is 0.000000156. The third kappa shape index (κ3) is 16.4. The third-order valence-electron chi connectivity index (χ3n) is 22.5. The van der Waals surface area contributed by atoms with Crippen molar-refractivity contribution in [2.75, 3.05) is 55.5 Å². The number of aliphatic hydroxyl groups excluding tert-OH is 12. The minimum absolute atomic E-state index is 0.0171. The largest absolute Gasteiger partial charge is 0.508 e. The monoisotopic (exact) mass is 1630 g/mol. The molecule has 6 aliphatic heterocycles. The van der Waals surface area contributed by atoms with E-state index in [2.05, 4.69) is 62.8 Å². The Morgan fingerprint density at radius 3 is 1.18 bits per heavy atom. The van der Waals surface area contributed by atoms with Crippen molar-refractivity contribution in [3.05, 3.63) is 274 Å². The van der Waals surface area contributed by atoms with Gasteiger partial charge in [0.05, 0.1) is 26.4 Å². The number of amides is 4. The Kier molecular flexibility index (Phi) is 25.5. The van der Waals surface area contributed by atoms with E-state index >= 15 is 0 Å².